The summed E-state index contributed by atoms with van der Waals surface area (Å²) < 4.78 is 6.13. The molecule has 0 amide bonds. The third kappa shape index (κ3) is 2.64. The maximum atomic E-state index is 6.13. The smallest absolute Gasteiger partial charge is 0.142 e. The first-order valence-corrected chi connectivity index (χ1v) is 7.34. The Morgan fingerprint density at radius 3 is 2.75 bits per heavy atom. The Kier molecular flexibility index (Phi) is 3.64. The standard InChI is InChI=1S/C18H21NO/c1-3-14-6-4-5-7-15(14)11-16-12-19-17-10-13(2)8-9-18(17)20-16/h4-10,16,19H,3,11-12H2,1-2H3. The number of nitrogens with one attached hydrogen (secondary N) is 1. The van der Waals surface area contributed by atoms with Crippen molar-refractivity contribution in [1.29, 1.82) is 0 Å². The fourth-order valence-corrected chi connectivity index (χ4v) is 2.79. The number of benzene rings is 2. The van der Waals surface area contributed by atoms with Crippen LogP contribution >= 0.6 is 0 Å². The molecule has 2 heteroatoms. The van der Waals surface area contributed by atoms with Crippen molar-refractivity contribution in [3.63, 3.8) is 0 Å². The largest absolute Gasteiger partial charge is 0.486 e. The molecular weight excluding hydrogens is 246 g/mol. The lowest BCUT2D eigenvalue weighted by Gasteiger charge is -2.28. The quantitative estimate of drug-likeness (QED) is 0.908. The molecule has 1 heterocycles. The third-order valence-electron chi connectivity index (χ3n) is 3.90. The molecule has 104 valence electrons. The molecule has 1 aliphatic rings. The molecule has 0 saturated carbocycles. The molecule has 0 saturated heterocycles. The molecule has 1 unspecified atom stereocenters. The number of rotatable bonds is 3. The zero-order valence-corrected chi connectivity index (χ0v) is 12.1. The molecule has 0 radical (unpaired) electrons. The average molecular weight is 267 g/mol. The molecule has 2 aromatic rings. The highest BCUT2D eigenvalue weighted by Crippen LogP contribution is 2.30. The lowest BCUT2D eigenvalue weighted by atomic mass is 9.99. The van der Waals surface area contributed by atoms with Gasteiger partial charge in [-0.2, -0.15) is 0 Å². The van der Waals surface area contributed by atoms with Crippen LogP contribution in [-0.4, -0.2) is 12.6 Å². The van der Waals surface area contributed by atoms with Crippen LogP contribution in [0.15, 0.2) is 42.5 Å². The summed E-state index contributed by atoms with van der Waals surface area (Å²) >= 11 is 0. The molecular formula is C18H21NO. The predicted octanol–water partition coefficient (Wildman–Crippen LogP) is 3.97. The molecule has 2 nitrogen and oxygen atoms in total. The van der Waals surface area contributed by atoms with Gasteiger partial charge in [-0.25, -0.2) is 0 Å². The van der Waals surface area contributed by atoms with Crippen molar-refractivity contribution in [2.24, 2.45) is 0 Å². The number of hydrogen-bond acceptors (Lipinski definition) is 2. The van der Waals surface area contributed by atoms with Crippen molar-refractivity contribution >= 4 is 5.69 Å². The van der Waals surface area contributed by atoms with Gasteiger partial charge in [-0.3, -0.25) is 0 Å². The molecule has 0 spiro atoms. The minimum Gasteiger partial charge on any atom is -0.486 e. The Morgan fingerprint density at radius 1 is 1.15 bits per heavy atom. The topological polar surface area (TPSA) is 21.3 Å². The lowest BCUT2D eigenvalue weighted by molar-refractivity contribution is 0.206. The first-order chi connectivity index (χ1) is 9.76. The number of fused-ring (bicyclic) bond motifs is 1. The minimum atomic E-state index is 0.206. The van der Waals surface area contributed by atoms with Gasteiger partial charge in [0.1, 0.15) is 11.9 Å². The molecule has 1 N–H and O–H groups in total. The first-order valence-electron chi connectivity index (χ1n) is 7.34. The Bertz CT molecular complexity index is 606. The van der Waals surface area contributed by atoms with Gasteiger partial charge in [0.2, 0.25) is 0 Å². The second-order valence-corrected chi connectivity index (χ2v) is 5.45. The lowest BCUT2D eigenvalue weighted by Crippen LogP contribution is -2.32. The molecule has 1 atom stereocenters. The number of ether oxygens (including phenoxy) is 1. The van der Waals surface area contributed by atoms with Crippen LogP contribution < -0.4 is 10.1 Å². The van der Waals surface area contributed by atoms with E-state index in [0.717, 1.165) is 30.8 Å². The van der Waals surface area contributed by atoms with Crippen LogP contribution in [-0.2, 0) is 12.8 Å². The van der Waals surface area contributed by atoms with E-state index in [1.54, 1.807) is 0 Å². The first kappa shape index (κ1) is 13.0. The zero-order chi connectivity index (χ0) is 13.9. The van der Waals surface area contributed by atoms with Crippen molar-refractivity contribution in [3.8, 4) is 5.75 Å². The van der Waals surface area contributed by atoms with Crippen LogP contribution in [0.1, 0.15) is 23.6 Å². The monoisotopic (exact) mass is 267 g/mol. The summed E-state index contributed by atoms with van der Waals surface area (Å²) in [5.41, 5.74) is 5.20. The van der Waals surface area contributed by atoms with E-state index in [2.05, 4.69) is 61.6 Å². The van der Waals surface area contributed by atoms with Crippen molar-refractivity contribution in [2.75, 3.05) is 11.9 Å². The van der Waals surface area contributed by atoms with E-state index in [1.165, 1.54) is 16.7 Å². The molecule has 0 bridgehead atoms. The summed E-state index contributed by atoms with van der Waals surface area (Å²) in [6.45, 7) is 5.18. The SMILES string of the molecule is CCc1ccccc1CC1CNc2cc(C)ccc2O1. The second kappa shape index (κ2) is 5.58. The van der Waals surface area contributed by atoms with Gasteiger partial charge in [0, 0.05) is 6.42 Å². The van der Waals surface area contributed by atoms with Crippen LogP contribution in [0.3, 0.4) is 0 Å². The van der Waals surface area contributed by atoms with Gasteiger partial charge >= 0.3 is 0 Å². The van der Waals surface area contributed by atoms with Crippen LogP contribution in [0.2, 0.25) is 0 Å². The van der Waals surface area contributed by atoms with Gasteiger partial charge in [-0.15, -0.1) is 0 Å². The number of hydrogen-bond donors (Lipinski definition) is 1. The summed E-state index contributed by atoms with van der Waals surface area (Å²) in [6.07, 6.45) is 2.24. The van der Waals surface area contributed by atoms with Crippen molar-refractivity contribution in [2.45, 2.75) is 32.8 Å². The Labute approximate surface area is 120 Å². The summed E-state index contributed by atoms with van der Waals surface area (Å²) in [4.78, 5) is 0. The summed E-state index contributed by atoms with van der Waals surface area (Å²) in [6, 6.07) is 15.0. The van der Waals surface area contributed by atoms with Gasteiger partial charge in [-0.05, 0) is 42.2 Å². The summed E-state index contributed by atoms with van der Waals surface area (Å²) in [7, 11) is 0. The summed E-state index contributed by atoms with van der Waals surface area (Å²) in [5.74, 6) is 0.973. The van der Waals surface area contributed by atoms with Crippen LogP contribution in [0.25, 0.3) is 0 Å². The third-order valence-corrected chi connectivity index (χ3v) is 3.90. The Morgan fingerprint density at radius 2 is 1.95 bits per heavy atom. The molecule has 0 aromatic heterocycles. The van der Waals surface area contributed by atoms with Crippen LogP contribution in [0.4, 0.5) is 5.69 Å². The predicted molar refractivity (Wildman–Crippen MR) is 83.6 cm³/mol. The van der Waals surface area contributed by atoms with Gasteiger partial charge < -0.3 is 10.1 Å². The van der Waals surface area contributed by atoms with E-state index in [4.69, 9.17) is 4.74 Å². The van der Waals surface area contributed by atoms with Crippen molar-refractivity contribution < 1.29 is 4.74 Å². The highest BCUT2D eigenvalue weighted by molar-refractivity contribution is 5.59. The maximum Gasteiger partial charge on any atom is 0.142 e. The Balaban J connectivity index is 1.76. The van der Waals surface area contributed by atoms with Crippen molar-refractivity contribution in [3.05, 3.63) is 59.2 Å². The van der Waals surface area contributed by atoms with Crippen LogP contribution in [0, 0.1) is 6.92 Å². The van der Waals surface area contributed by atoms with Gasteiger partial charge in [-0.1, -0.05) is 37.3 Å². The van der Waals surface area contributed by atoms with E-state index in [1.807, 2.05) is 0 Å². The molecule has 20 heavy (non-hydrogen) atoms. The molecule has 0 aliphatic carbocycles. The van der Waals surface area contributed by atoms with Crippen LogP contribution in [0.5, 0.6) is 5.75 Å². The summed E-state index contributed by atoms with van der Waals surface area (Å²) in [5, 5.41) is 3.49. The highest BCUT2D eigenvalue weighted by atomic mass is 16.5. The average Bonchev–Trinajstić information content (AvgIpc) is 2.48. The fraction of sp³-hybridized carbons (Fsp3) is 0.333. The molecule has 1 aliphatic heterocycles. The fourth-order valence-electron chi connectivity index (χ4n) is 2.79. The maximum absolute atomic E-state index is 6.13. The van der Waals surface area contributed by atoms with E-state index in [0.29, 0.717) is 0 Å². The van der Waals surface area contributed by atoms with Gasteiger partial charge in [0.25, 0.3) is 0 Å². The molecule has 3 rings (SSSR count). The normalized spacial score (nSPS) is 17.0. The van der Waals surface area contributed by atoms with Gasteiger partial charge in [0.05, 0.1) is 12.2 Å². The number of anilines is 1. The number of aryl methyl sites for hydroxylation is 2. The van der Waals surface area contributed by atoms with Gasteiger partial charge in [0.15, 0.2) is 0 Å². The Hall–Kier alpha value is -1.96. The van der Waals surface area contributed by atoms with E-state index in [-0.39, 0.29) is 6.10 Å². The highest BCUT2D eigenvalue weighted by Gasteiger charge is 2.20. The molecule has 2 aromatic carbocycles. The minimum absolute atomic E-state index is 0.206. The van der Waals surface area contributed by atoms with E-state index in [9.17, 15) is 0 Å². The molecule has 0 fully saturated rings. The van der Waals surface area contributed by atoms with E-state index >= 15 is 0 Å². The van der Waals surface area contributed by atoms with Crippen molar-refractivity contribution in [1.82, 2.24) is 0 Å². The van der Waals surface area contributed by atoms with E-state index < -0.39 is 0 Å². The second-order valence-electron chi connectivity index (χ2n) is 5.45. The zero-order valence-electron chi connectivity index (χ0n) is 12.1.